The van der Waals surface area contributed by atoms with E-state index >= 15 is 0 Å². The third kappa shape index (κ3) is 3.58. The van der Waals surface area contributed by atoms with Crippen molar-refractivity contribution in [1.29, 1.82) is 0 Å². The van der Waals surface area contributed by atoms with Crippen LogP contribution in [0.15, 0.2) is 33.6 Å². The minimum Gasteiger partial charge on any atom is -0.370 e. The van der Waals surface area contributed by atoms with E-state index in [1.807, 2.05) is 23.8 Å². The van der Waals surface area contributed by atoms with Gasteiger partial charge in [0.05, 0.1) is 5.56 Å². The highest BCUT2D eigenvalue weighted by atomic mass is 79.9. The van der Waals surface area contributed by atoms with E-state index < -0.39 is 0 Å². The number of nitrogens with one attached hydrogen (secondary N) is 1. The van der Waals surface area contributed by atoms with Crippen LogP contribution < -0.4 is 5.32 Å². The molecule has 0 spiro atoms. The van der Waals surface area contributed by atoms with Gasteiger partial charge in [0, 0.05) is 30.8 Å². The molecule has 0 saturated carbocycles. The second kappa shape index (κ2) is 6.85. The molecule has 0 radical (unpaired) electrons. The second-order valence-electron chi connectivity index (χ2n) is 4.37. The van der Waals surface area contributed by atoms with Crippen molar-refractivity contribution in [3.63, 3.8) is 0 Å². The highest BCUT2D eigenvalue weighted by Crippen LogP contribution is 2.20. The van der Waals surface area contributed by atoms with Crippen LogP contribution >= 0.6 is 27.3 Å². The lowest BCUT2D eigenvalue weighted by Crippen LogP contribution is -2.27. The van der Waals surface area contributed by atoms with Gasteiger partial charge in [0.25, 0.3) is 5.91 Å². The fourth-order valence-corrected chi connectivity index (χ4v) is 2.84. The van der Waals surface area contributed by atoms with Crippen LogP contribution in [0.25, 0.3) is 0 Å². The van der Waals surface area contributed by atoms with E-state index in [-0.39, 0.29) is 5.91 Å². The predicted molar refractivity (Wildman–Crippen MR) is 86.2 cm³/mol. The number of pyridine rings is 1. The molecule has 1 amide bonds. The lowest BCUT2D eigenvalue weighted by Gasteiger charge is -2.18. The van der Waals surface area contributed by atoms with E-state index in [0.717, 1.165) is 16.6 Å². The smallest absolute Gasteiger partial charge is 0.257 e. The number of carbonyl (C=O) groups excluding carboxylic acids is 1. The number of amides is 1. The first-order valence-electron chi connectivity index (χ1n) is 6.27. The van der Waals surface area contributed by atoms with Crippen molar-refractivity contribution in [2.75, 3.05) is 18.9 Å². The first-order valence-corrected chi connectivity index (χ1v) is 8.01. The van der Waals surface area contributed by atoms with Gasteiger partial charge in [-0.05, 0) is 51.3 Å². The van der Waals surface area contributed by atoms with E-state index in [9.17, 15) is 4.79 Å². The summed E-state index contributed by atoms with van der Waals surface area (Å²) < 4.78 is 0.798. The Labute approximate surface area is 131 Å². The summed E-state index contributed by atoms with van der Waals surface area (Å²) in [5, 5.41) is 7.18. The Bertz CT molecular complexity index is 586. The molecule has 0 unspecified atom stereocenters. The molecule has 1 N–H and O–H groups in total. The predicted octanol–water partition coefficient (Wildman–Crippen LogP) is 3.61. The lowest BCUT2D eigenvalue weighted by atomic mass is 10.2. The number of rotatable bonds is 5. The van der Waals surface area contributed by atoms with E-state index in [1.165, 1.54) is 0 Å². The van der Waals surface area contributed by atoms with Gasteiger partial charge < -0.3 is 10.2 Å². The Balaban J connectivity index is 2.21. The van der Waals surface area contributed by atoms with E-state index in [1.54, 1.807) is 35.5 Å². The molecule has 0 aliphatic heterocycles. The van der Waals surface area contributed by atoms with Crippen LogP contribution in [0.1, 0.15) is 22.8 Å². The molecule has 0 fully saturated rings. The maximum Gasteiger partial charge on any atom is 0.257 e. The molecule has 0 saturated heterocycles. The van der Waals surface area contributed by atoms with Crippen LogP contribution in [0.3, 0.4) is 0 Å². The van der Waals surface area contributed by atoms with Crippen LogP contribution in [0.4, 0.5) is 5.82 Å². The molecule has 0 aromatic carbocycles. The van der Waals surface area contributed by atoms with E-state index in [2.05, 4.69) is 26.2 Å². The summed E-state index contributed by atoms with van der Waals surface area (Å²) in [6.45, 7) is 3.30. The summed E-state index contributed by atoms with van der Waals surface area (Å²) in [6.07, 6.45) is 1.69. The fraction of sp³-hybridized carbons (Fsp3) is 0.286. The van der Waals surface area contributed by atoms with Crippen LogP contribution in [-0.4, -0.2) is 29.4 Å². The SMILES string of the molecule is CCNc1ncc(Br)cc1C(=O)N(C)Cc1ccsc1. The van der Waals surface area contributed by atoms with Gasteiger partial charge in [0.15, 0.2) is 0 Å². The number of carbonyl (C=O) groups is 1. The molecule has 2 rings (SSSR count). The van der Waals surface area contributed by atoms with Crippen LogP contribution in [-0.2, 0) is 6.54 Å². The average molecular weight is 354 g/mol. The van der Waals surface area contributed by atoms with Crippen molar-refractivity contribution in [3.8, 4) is 0 Å². The van der Waals surface area contributed by atoms with Gasteiger partial charge in [0.2, 0.25) is 0 Å². The van der Waals surface area contributed by atoms with Gasteiger partial charge in [-0.15, -0.1) is 0 Å². The number of hydrogen-bond acceptors (Lipinski definition) is 4. The molecular weight excluding hydrogens is 338 g/mol. The molecule has 2 heterocycles. The molecular formula is C14H16BrN3OS. The van der Waals surface area contributed by atoms with Crippen molar-refractivity contribution in [2.24, 2.45) is 0 Å². The average Bonchev–Trinajstić information content (AvgIpc) is 2.93. The van der Waals surface area contributed by atoms with Crippen molar-refractivity contribution in [3.05, 3.63) is 44.7 Å². The van der Waals surface area contributed by atoms with Gasteiger partial charge in [-0.1, -0.05) is 0 Å². The summed E-state index contributed by atoms with van der Waals surface area (Å²) in [5.41, 5.74) is 1.72. The Morgan fingerprint density at radius 1 is 1.55 bits per heavy atom. The Kier molecular flexibility index (Phi) is 5.14. The van der Waals surface area contributed by atoms with Gasteiger partial charge >= 0.3 is 0 Å². The maximum absolute atomic E-state index is 12.5. The van der Waals surface area contributed by atoms with Crippen molar-refractivity contribution >= 4 is 39.0 Å². The van der Waals surface area contributed by atoms with Gasteiger partial charge in [-0.2, -0.15) is 11.3 Å². The third-order valence-electron chi connectivity index (χ3n) is 2.78. The largest absolute Gasteiger partial charge is 0.370 e. The van der Waals surface area contributed by atoms with E-state index in [0.29, 0.717) is 17.9 Å². The van der Waals surface area contributed by atoms with E-state index in [4.69, 9.17) is 0 Å². The van der Waals surface area contributed by atoms with Gasteiger partial charge in [-0.3, -0.25) is 4.79 Å². The van der Waals surface area contributed by atoms with Crippen molar-refractivity contribution in [2.45, 2.75) is 13.5 Å². The summed E-state index contributed by atoms with van der Waals surface area (Å²) in [4.78, 5) is 18.5. The van der Waals surface area contributed by atoms with Gasteiger partial charge in [0.1, 0.15) is 5.82 Å². The quantitative estimate of drug-likeness (QED) is 0.892. The highest BCUT2D eigenvalue weighted by Gasteiger charge is 2.17. The topological polar surface area (TPSA) is 45.2 Å². The normalized spacial score (nSPS) is 10.3. The molecule has 6 heteroatoms. The zero-order valence-electron chi connectivity index (χ0n) is 11.4. The fourth-order valence-electron chi connectivity index (χ4n) is 1.84. The summed E-state index contributed by atoms with van der Waals surface area (Å²) in [7, 11) is 1.80. The molecule has 0 aliphatic rings. The monoisotopic (exact) mass is 353 g/mol. The molecule has 4 nitrogen and oxygen atoms in total. The number of hydrogen-bond donors (Lipinski definition) is 1. The Hall–Kier alpha value is -1.40. The minimum atomic E-state index is -0.0408. The minimum absolute atomic E-state index is 0.0408. The van der Waals surface area contributed by atoms with Crippen molar-refractivity contribution in [1.82, 2.24) is 9.88 Å². The zero-order valence-corrected chi connectivity index (χ0v) is 13.8. The van der Waals surface area contributed by atoms with Crippen LogP contribution in [0.2, 0.25) is 0 Å². The standard InChI is InChI=1S/C14H16BrN3OS/c1-3-16-13-12(6-11(15)7-17-13)14(19)18(2)8-10-4-5-20-9-10/h4-7,9H,3,8H2,1-2H3,(H,16,17). The van der Waals surface area contributed by atoms with Crippen LogP contribution in [0.5, 0.6) is 0 Å². The molecule has 106 valence electrons. The molecule has 0 atom stereocenters. The maximum atomic E-state index is 12.5. The number of halogens is 1. The highest BCUT2D eigenvalue weighted by molar-refractivity contribution is 9.10. The third-order valence-corrected chi connectivity index (χ3v) is 3.94. The van der Waals surface area contributed by atoms with Crippen molar-refractivity contribution < 1.29 is 4.79 Å². The summed E-state index contributed by atoms with van der Waals surface area (Å²) >= 11 is 5.00. The number of nitrogens with zero attached hydrogens (tertiary/aromatic N) is 2. The van der Waals surface area contributed by atoms with Crippen LogP contribution in [0, 0.1) is 0 Å². The lowest BCUT2D eigenvalue weighted by molar-refractivity contribution is 0.0786. The molecule has 0 aliphatic carbocycles. The number of anilines is 1. The molecule has 2 aromatic rings. The summed E-state index contributed by atoms with van der Waals surface area (Å²) in [5.74, 6) is 0.582. The van der Waals surface area contributed by atoms with Gasteiger partial charge in [-0.25, -0.2) is 4.98 Å². The molecule has 0 bridgehead atoms. The first kappa shape index (κ1) is 15.0. The second-order valence-corrected chi connectivity index (χ2v) is 6.07. The Morgan fingerprint density at radius 2 is 2.35 bits per heavy atom. The zero-order chi connectivity index (χ0) is 14.5. The number of thiophene rings is 1. The first-order chi connectivity index (χ1) is 9.61. The summed E-state index contributed by atoms with van der Waals surface area (Å²) in [6, 6.07) is 3.83. The molecule has 20 heavy (non-hydrogen) atoms. The molecule has 2 aromatic heterocycles. The number of aromatic nitrogens is 1. The Morgan fingerprint density at radius 3 is 3.00 bits per heavy atom.